The minimum absolute atomic E-state index is 0.615. The highest BCUT2D eigenvalue weighted by molar-refractivity contribution is 6.16. The van der Waals surface area contributed by atoms with Crippen LogP contribution in [0.2, 0.25) is 0 Å². The lowest BCUT2D eigenvalue weighted by Crippen LogP contribution is -2.19. The van der Waals surface area contributed by atoms with Gasteiger partial charge in [0.1, 0.15) is 0 Å². The molecule has 206 valence electrons. The Balaban J connectivity index is 1.29. The van der Waals surface area contributed by atoms with E-state index in [1.165, 1.54) is 0 Å². The first-order valence-corrected chi connectivity index (χ1v) is 14.4. The maximum Gasteiger partial charge on any atom is 0.164 e. The maximum absolute atomic E-state index is 4.97. The van der Waals surface area contributed by atoms with E-state index in [-0.39, 0.29) is 0 Å². The summed E-state index contributed by atoms with van der Waals surface area (Å²) in [5.74, 6) is 2.76. The third-order valence-electron chi connectivity index (χ3n) is 8.08. The lowest BCUT2D eigenvalue weighted by atomic mass is 10.1. The molecule has 0 saturated carbocycles. The molecule has 0 saturated heterocycles. The number of fused-ring (bicyclic) bond motifs is 5. The van der Waals surface area contributed by atoms with Crippen molar-refractivity contribution >= 4 is 38.9 Å². The van der Waals surface area contributed by atoms with Crippen molar-refractivity contribution in [3.05, 3.63) is 140 Å². The number of benzene rings is 4. The molecule has 0 unspecified atom stereocenters. The lowest BCUT2D eigenvalue weighted by molar-refractivity contribution is 1.03. The van der Waals surface area contributed by atoms with Crippen molar-refractivity contribution < 1.29 is 0 Å². The fourth-order valence-corrected chi connectivity index (χ4v) is 6.12. The van der Waals surface area contributed by atoms with Crippen LogP contribution in [0.1, 0.15) is 0 Å². The molecule has 0 fully saturated rings. The summed E-state index contributed by atoms with van der Waals surface area (Å²) in [7, 11) is 0. The summed E-state index contributed by atoms with van der Waals surface area (Å²) in [6.45, 7) is 0. The molecule has 0 bridgehead atoms. The SMILES string of the molecule is c1ccc(-c2nc(-c3ccccc3)nc(-c3ccc4c(c3)c3cncc5c3n4-c3ncccc3N5c3ccccc3)n2)cc1. The molecular formula is C37H23N7. The molecule has 1 aliphatic rings. The van der Waals surface area contributed by atoms with Gasteiger partial charge < -0.3 is 4.90 Å². The third kappa shape index (κ3) is 3.73. The van der Waals surface area contributed by atoms with Gasteiger partial charge in [-0.1, -0.05) is 78.9 Å². The highest BCUT2D eigenvalue weighted by atomic mass is 15.2. The van der Waals surface area contributed by atoms with Crippen molar-refractivity contribution in [2.75, 3.05) is 4.90 Å². The van der Waals surface area contributed by atoms with E-state index < -0.39 is 0 Å². The lowest BCUT2D eigenvalue weighted by Gasteiger charge is -2.31. The van der Waals surface area contributed by atoms with Gasteiger partial charge in [-0.25, -0.2) is 19.9 Å². The topological polar surface area (TPSA) is 72.6 Å². The highest BCUT2D eigenvalue weighted by Gasteiger charge is 2.29. The van der Waals surface area contributed by atoms with E-state index in [1.807, 2.05) is 91.4 Å². The Morgan fingerprint density at radius 2 is 1.14 bits per heavy atom. The minimum Gasteiger partial charge on any atom is -0.304 e. The monoisotopic (exact) mass is 565 g/mol. The van der Waals surface area contributed by atoms with Crippen LogP contribution in [0.25, 0.3) is 61.8 Å². The van der Waals surface area contributed by atoms with Crippen molar-refractivity contribution in [2.24, 2.45) is 0 Å². The predicted octanol–water partition coefficient (Wildman–Crippen LogP) is 8.54. The van der Waals surface area contributed by atoms with Crippen LogP contribution in [0.4, 0.5) is 17.1 Å². The smallest absolute Gasteiger partial charge is 0.164 e. The van der Waals surface area contributed by atoms with E-state index >= 15 is 0 Å². The fourth-order valence-electron chi connectivity index (χ4n) is 6.12. The summed E-state index contributed by atoms with van der Waals surface area (Å²) in [6, 6.07) is 40.9. The van der Waals surface area contributed by atoms with Gasteiger partial charge in [0.2, 0.25) is 0 Å². The van der Waals surface area contributed by atoms with E-state index in [2.05, 4.69) is 58.0 Å². The normalized spacial score (nSPS) is 12.0. The first-order valence-electron chi connectivity index (χ1n) is 14.4. The van der Waals surface area contributed by atoms with Gasteiger partial charge in [0.05, 0.1) is 28.6 Å². The number of hydrogen-bond acceptors (Lipinski definition) is 6. The van der Waals surface area contributed by atoms with Gasteiger partial charge in [-0.15, -0.1) is 0 Å². The minimum atomic E-state index is 0.615. The van der Waals surface area contributed by atoms with Gasteiger partial charge in [-0.2, -0.15) is 0 Å². The summed E-state index contributed by atoms with van der Waals surface area (Å²) in [5, 5.41) is 2.10. The highest BCUT2D eigenvalue weighted by Crippen LogP contribution is 2.48. The molecule has 8 aromatic rings. The molecule has 5 heterocycles. The van der Waals surface area contributed by atoms with Crippen LogP contribution in [0.3, 0.4) is 0 Å². The van der Waals surface area contributed by atoms with Gasteiger partial charge in [-0.3, -0.25) is 9.55 Å². The zero-order valence-corrected chi connectivity index (χ0v) is 23.4. The largest absolute Gasteiger partial charge is 0.304 e. The number of nitrogens with zero attached hydrogens (tertiary/aromatic N) is 7. The molecule has 1 aliphatic heterocycles. The number of rotatable bonds is 4. The first-order chi connectivity index (χ1) is 21.8. The quantitative estimate of drug-likeness (QED) is 0.213. The molecule has 0 N–H and O–H groups in total. The molecule has 4 aromatic carbocycles. The number of hydrogen-bond donors (Lipinski definition) is 0. The van der Waals surface area contributed by atoms with Crippen LogP contribution in [0.15, 0.2) is 140 Å². The Labute approximate surface area is 252 Å². The zero-order chi connectivity index (χ0) is 29.0. The molecule has 4 aromatic heterocycles. The van der Waals surface area contributed by atoms with Crippen molar-refractivity contribution in [1.82, 2.24) is 29.5 Å². The summed E-state index contributed by atoms with van der Waals surface area (Å²) in [5.41, 5.74) is 7.95. The second-order valence-electron chi connectivity index (χ2n) is 10.7. The van der Waals surface area contributed by atoms with E-state index in [0.717, 1.165) is 61.4 Å². The molecule has 9 rings (SSSR count). The van der Waals surface area contributed by atoms with Gasteiger partial charge in [-0.05, 0) is 42.5 Å². The Kier molecular flexibility index (Phi) is 5.36. The van der Waals surface area contributed by atoms with Crippen molar-refractivity contribution in [3.8, 4) is 40.0 Å². The van der Waals surface area contributed by atoms with E-state index in [9.17, 15) is 0 Å². The second-order valence-corrected chi connectivity index (χ2v) is 10.7. The van der Waals surface area contributed by atoms with Gasteiger partial charge >= 0.3 is 0 Å². The summed E-state index contributed by atoms with van der Waals surface area (Å²) in [6.07, 6.45) is 5.73. The molecule has 0 amide bonds. The van der Waals surface area contributed by atoms with Crippen LogP contribution in [0.5, 0.6) is 0 Å². The molecule has 0 aliphatic carbocycles. The standard InChI is InChI=1S/C37H23N7/c1-4-11-24(12-5-1)34-40-35(25-13-6-2-7-14-25)42-36(41-34)26-18-19-30-28(21-26)29-22-38-23-32-33(29)44(30)37-31(17-10-20-39-37)43(32)27-15-8-3-9-16-27/h1-23H. The van der Waals surface area contributed by atoms with Gasteiger partial charge in [0.15, 0.2) is 23.3 Å². The average molecular weight is 566 g/mol. The molecule has 7 nitrogen and oxygen atoms in total. The zero-order valence-electron chi connectivity index (χ0n) is 23.4. The molecular weight excluding hydrogens is 542 g/mol. The van der Waals surface area contributed by atoms with Crippen LogP contribution in [-0.4, -0.2) is 29.5 Å². The first kappa shape index (κ1) is 24.4. The predicted molar refractivity (Wildman–Crippen MR) is 174 cm³/mol. The Hall–Kier alpha value is -6.21. The van der Waals surface area contributed by atoms with Gasteiger partial charge in [0.25, 0.3) is 0 Å². The van der Waals surface area contributed by atoms with E-state index in [4.69, 9.17) is 24.9 Å². The number of para-hydroxylation sites is 1. The maximum atomic E-state index is 4.97. The molecule has 44 heavy (non-hydrogen) atoms. The number of anilines is 3. The molecule has 0 radical (unpaired) electrons. The Morgan fingerprint density at radius 3 is 1.82 bits per heavy atom. The average Bonchev–Trinajstić information content (AvgIpc) is 3.44. The number of pyridine rings is 2. The summed E-state index contributed by atoms with van der Waals surface area (Å²) in [4.78, 5) is 26.6. The second kappa shape index (κ2) is 9.68. The Bertz CT molecular complexity index is 2270. The van der Waals surface area contributed by atoms with Gasteiger partial charge in [0, 0.05) is 45.5 Å². The van der Waals surface area contributed by atoms with E-state index in [0.29, 0.717) is 17.5 Å². The summed E-state index contributed by atoms with van der Waals surface area (Å²) < 4.78 is 2.25. The van der Waals surface area contributed by atoms with E-state index in [1.54, 1.807) is 0 Å². The van der Waals surface area contributed by atoms with Crippen LogP contribution in [-0.2, 0) is 0 Å². The fraction of sp³-hybridized carbons (Fsp3) is 0. The summed E-state index contributed by atoms with van der Waals surface area (Å²) >= 11 is 0. The van der Waals surface area contributed by atoms with Crippen LogP contribution >= 0.6 is 0 Å². The van der Waals surface area contributed by atoms with Crippen molar-refractivity contribution in [2.45, 2.75) is 0 Å². The van der Waals surface area contributed by atoms with Crippen LogP contribution < -0.4 is 4.90 Å². The third-order valence-corrected chi connectivity index (χ3v) is 8.08. The van der Waals surface area contributed by atoms with Crippen molar-refractivity contribution in [1.29, 1.82) is 0 Å². The molecule has 7 heteroatoms. The molecule has 0 spiro atoms. The van der Waals surface area contributed by atoms with Crippen molar-refractivity contribution in [3.63, 3.8) is 0 Å². The Morgan fingerprint density at radius 1 is 0.500 bits per heavy atom. The number of aromatic nitrogens is 6. The molecule has 0 atom stereocenters. The van der Waals surface area contributed by atoms with Crippen LogP contribution in [0, 0.1) is 0 Å².